The third kappa shape index (κ3) is 2.80. The van der Waals surface area contributed by atoms with Crippen LogP contribution >= 0.6 is 0 Å². The summed E-state index contributed by atoms with van der Waals surface area (Å²) in [5, 5.41) is 4.03. The van der Waals surface area contributed by atoms with Crippen LogP contribution in [0.5, 0.6) is 5.75 Å². The Morgan fingerprint density at radius 1 is 1.14 bits per heavy atom. The van der Waals surface area contributed by atoms with Gasteiger partial charge in [-0.1, -0.05) is 12.1 Å². The summed E-state index contributed by atoms with van der Waals surface area (Å²) in [6.45, 7) is 1.42. The SMILES string of the molecule is NCc1ccc(OCCn2ccn3nccc3c2=O)cc1. The molecule has 1 aromatic carbocycles. The molecule has 0 aliphatic rings. The number of nitrogens with zero attached hydrogens (tertiary/aromatic N) is 3. The Morgan fingerprint density at radius 2 is 1.95 bits per heavy atom. The van der Waals surface area contributed by atoms with E-state index in [1.165, 1.54) is 0 Å². The van der Waals surface area contributed by atoms with Crippen LogP contribution in [0.2, 0.25) is 0 Å². The monoisotopic (exact) mass is 284 g/mol. The Morgan fingerprint density at radius 3 is 2.71 bits per heavy atom. The lowest BCUT2D eigenvalue weighted by Crippen LogP contribution is -2.24. The summed E-state index contributed by atoms with van der Waals surface area (Å²) in [7, 11) is 0. The van der Waals surface area contributed by atoms with Crippen LogP contribution in [0.25, 0.3) is 5.52 Å². The summed E-state index contributed by atoms with van der Waals surface area (Å²) in [4.78, 5) is 12.1. The maximum absolute atomic E-state index is 12.1. The summed E-state index contributed by atoms with van der Waals surface area (Å²) in [6.07, 6.45) is 5.08. The Balaban J connectivity index is 1.66. The zero-order valence-electron chi connectivity index (χ0n) is 11.5. The van der Waals surface area contributed by atoms with Gasteiger partial charge in [0.2, 0.25) is 0 Å². The van der Waals surface area contributed by atoms with E-state index in [0.717, 1.165) is 11.3 Å². The molecule has 0 unspecified atom stereocenters. The molecule has 0 spiro atoms. The minimum Gasteiger partial charge on any atom is -0.492 e. The molecule has 108 valence electrons. The van der Waals surface area contributed by atoms with Gasteiger partial charge in [0.05, 0.1) is 12.7 Å². The van der Waals surface area contributed by atoms with E-state index in [0.29, 0.717) is 25.2 Å². The molecule has 0 radical (unpaired) electrons. The molecule has 0 aliphatic heterocycles. The van der Waals surface area contributed by atoms with Crippen molar-refractivity contribution in [3.05, 3.63) is 64.8 Å². The van der Waals surface area contributed by atoms with Crippen molar-refractivity contribution in [2.45, 2.75) is 13.1 Å². The van der Waals surface area contributed by atoms with Gasteiger partial charge in [0, 0.05) is 18.9 Å². The third-order valence-electron chi connectivity index (χ3n) is 3.30. The number of fused-ring (bicyclic) bond motifs is 1. The fourth-order valence-electron chi connectivity index (χ4n) is 2.12. The van der Waals surface area contributed by atoms with Gasteiger partial charge in [-0.05, 0) is 23.8 Å². The van der Waals surface area contributed by atoms with Crippen LogP contribution in [-0.4, -0.2) is 20.8 Å². The van der Waals surface area contributed by atoms with E-state index in [9.17, 15) is 4.79 Å². The second-order valence-electron chi connectivity index (χ2n) is 4.65. The highest BCUT2D eigenvalue weighted by Gasteiger charge is 2.03. The largest absolute Gasteiger partial charge is 0.492 e. The van der Waals surface area contributed by atoms with Crippen molar-refractivity contribution in [1.82, 2.24) is 14.2 Å². The van der Waals surface area contributed by atoms with Gasteiger partial charge in [-0.2, -0.15) is 5.10 Å². The standard InChI is InChI=1S/C15H16N4O2/c16-11-12-1-3-13(4-2-12)21-10-9-18-7-8-19-14(15(18)20)5-6-17-19/h1-8H,9-11,16H2. The van der Waals surface area contributed by atoms with Gasteiger partial charge in [-0.3, -0.25) is 4.79 Å². The average Bonchev–Trinajstić information content (AvgIpc) is 3.00. The molecular formula is C15H16N4O2. The Hall–Kier alpha value is -2.60. The molecule has 0 amide bonds. The van der Waals surface area contributed by atoms with Crippen molar-refractivity contribution in [3.8, 4) is 5.75 Å². The summed E-state index contributed by atoms with van der Waals surface area (Å²) in [5.74, 6) is 0.769. The van der Waals surface area contributed by atoms with Crippen LogP contribution in [0.3, 0.4) is 0 Å². The average molecular weight is 284 g/mol. The Kier molecular flexibility index (Phi) is 3.70. The first kappa shape index (κ1) is 13.4. The van der Waals surface area contributed by atoms with E-state index in [2.05, 4.69) is 5.10 Å². The van der Waals surface area contributed by atoms with Crippen LogP contribution < -0.4 is 16.0 Å². The summed E-state index contributed by atoms with van der Waals surface area (Å²) < 4.78 is 8.81. The lowest BCUT2D eigenvalue weighted by Gasteiger charge is -2.09. The molecule has 2 aromatic heterocycles. The van der Waals surface area contributed by atoms with Crippen LogP contribution in [0, 0.1) is 0 Å². The van der Waals surface area contributed by atoms with Gasteiger partial charge in [0.15, 0.2) is 0 Å². The molecule has 21 heavy (non-hydrogen) atoms. The van der Waals surface area contributed by atoms with Crippen LogP contribution in [0.15, 0.2) is 53.7 Å². The fourth-order valence-corrected chi connectivity index (χ4v) is 2.12. The second kappa shape index (κ2) is 5.80. The van der Waals surface area contributed by atoms with Gasteiger partial charge < -0.3 is 15.0 Å². The molecule has 2 N–H and O–H groups in total. The summed E-state index contributed by atoms with van der Waals surface area (Å²) >= 11 is 0. The van der Waals surface area contributed by atoms with Gasteiger partial charge in [-0.25, -0.2) is 4.52 Å². The van der Waals surface area contributed by atoms with Crippen molar-refractivity contribution in [3.63, 3.8) is 0 Å². The molecule has 3 aromatic rings. The molecule has 0 aliphatic carbocycles. The van der Waals surface area contributed by atoms with E-state index in [1.807, 2.05) is 24.3 Å². The quantitative estimate of drug-likeness (QED) is 0.759. The molecule has 0 atom stereocenters. The number of hydrogen-bond acceptors (Lipinski definition) is 4. The smallest absolute Gasteiger partial charge is 0.276 e. The molecule has 0 saturated heterocycles. The molecule has 0 saturated carbocycles. The number of benzene rings is 1. The maximum atomic E-state index is 12.1. The predicted molar refractivity (Wildman–Crippen MR) is 79.3 cm³/mol. The fraction of sp³-hybridized carbons (Fsp3) is 0.200. The molecule has 6 heteroatoms. The van der Waals surface area contributed by atoms with Crippen molar-refractivity contribution >= 4 is 5.52 Å². The summed E-state index contributed by atoms with van der Waals surface area (Å²) in [5.41, 5.74) is 7.09. The molecule has 0 bridgehead atoms. The van der Waals surface area contributed by atoms with Crippen molar-refractivity contribution in [2.75, 3.05) is 6.61 Å². The highest BCUT2D eigenvalue weighted by molar-refractivity contribution is 5.42. The van der Waals surface area contributed by atoms with E-state index in [1.54, 1.807) is 33.7 Å². The lowest BCUT2D eigenvalue weighted by molar-refractivity contribution is 0.296. The minimum absolute atomic E-state index is 0.0721. The van der Waals surface area contributed by atoms with E-state index >= 15 is 0 Å². The topological polar surface area (TPSA) is 74.6 Å². The first-order valence-electron chi connectivity index (χ1n) is 6.72. The number of aromatic nitrogens is 3. The normalized spacial score (nSPS) is 10.9. The summed E-state index contributed by atoms with van der Waals surface area (Å²) in [6, 6.07) is 9.32. The molecular weight excluding hydrogens is 268 g/mol. The van der Waals surface area contributed by atoms with Gasteiger partial charge in [-0.15, -0.1) is 0 Å². The lowest BCUT2D eigenvalue weighted by atomic mass is 10.2. The maximum Gasteiger partial charge on any atom is 0.276 e. The zero-order chi connectivity index (χ0) is 14.7. The number of ether oxygens (including phenoxy) is 1. The predicted octanol–water partition coefficient (Wildman–Crippen LogP) is 1.03. The first-order valence-corrected chi connectivity index (χ1v) is 6.72. The number of nitrogens with two attached hydrogens (primary N) is 1. The highest BCUT2D eigenvalue weighted by Crippen LogP contribution is 2.11. The second-order valence-corrected chi connectivity index (χ2v) is 4.65. The van der Waals surface area contributed by atoms with Crippen molar-refractivity contribution in [2.24, 2.45) is 5.73 Å². The zero-order valence-corrected chi connectivity index (χ0v) is 11.5. The van der Waals surface area contributed by atoms with Crippen LogP contribution in [-0.2, 0) is 13.1 Å². The van der Waals surface area contributed by atoms with Crippen LogP contribution in [0.1, 0.15) is 5.56 Å². The van der Waals surface area contributed by atoms with Crippen molar-refractivity contribution in [1.29, 1.82) is 0 Å². The van der Waals surface area contributed by atoms with E-state index in [4.69, 9.17) is 10.5 Å². The van der Waals surface area contributed by atoms with Crippen molar-refractivity contribution < 1.29 is 4.74 Å². The highest BCUT2D eigenvalue weighted by atomic mass is 16.5. The molecule has 0 fully saturated rings. The van der Waals surface area contributed by atoms with E-state index in [-0.39, 0.29) is 5.56 Å². The Bertz CT molecular complexity index is 789. The van der Waals surface area contributed by atoms with E-state index < -0.39 is 0 Å². The minimum atomic E-state index is -0.0721. The van der Waals surface area contributed by atoms with Crippen LogP contribution in [0.4, 0.5) is 0 Å². The van der Waals surface area contributed by atoms with Gasteiger partial charge >= 0.3 is 0 Å². The first-order chi connectivity index (χ1) is 10.3. The number of rotatable bonds is 5. The third-order valence-corrected chi connectivity index (χ3v) is 3.30. The Labute approximate surface area is 121 Å². The van der Waals surface area contributed by atoms with Gasteiger partial charge in [0.25, 0.3) is 5.56 Å². The molecule has 3 rings (SSSR count). The van der Waals surface area contributed by atoms with Gasteiger partial charge in [0.1, 0.15) is 17.9 Å². The molecule has 2 heterocycles. The number of hydrogen-bond donors (Lipinski definition) is 1. The molecule has 6 nitrogen and oxygen atoms in total.